The molecular weight excluding hydrogens is 1350 g/mol. The van der Waals surface area contributed by atoms with Crippen LogP contribution in [0.3, 0.4) is 0 Å². The molecule has 2 unspecified atom stereocenters. The van der Waals surface area contributed by atoms with Crippen LogP contribution in [-0.4, -0.2) is 271 Å². The first-order valence-electron chi connectivity index (χ1n) is 39.5. The molecule has 16 aliphatic heterocycles. The second-order valence-corrected chi connectivity index (χ2v) is 54.0. The van der Waals surface area contributed by atoms with Crippen LogP contribution in [0.15, 0.2) is 60.4 Å². The zero-order chi connectivity index (χ0) is 64.5. The van der Waals surface area contributed by atoms with Gasteiger partial charge in [0.2, 0.25) is 60.1 Å². The Morgan fingerprint density at radius 3 is 0.552 bits per heavy atom. The lowest BCUT2D eigenvalue weighted by molar-refractivity contribution is 0.443. The van der Waals surface area contributed by atoms with Crippen LogP contribution in [0.5, 0.6) is 0 Å². The average Bonchev–Trinajstić information content (AvgIpc) is 1.38. The van der Waals surface area contributed by atoms with Crippen LogP contribution in [0.2, 0.25) is 0 Å². The first-order chi connectivity index (χ1) is 47.2. The van der Waals surface area contributed by atoms with Crippen LogP contribution < -0.4 is 0 Å². The monoisotopic (exact) mass is 1470 g/mol. The quantitative estimate of drug-likeness (QED) is 0.128. The Labute approximate surface area is 580 Å². The summed E-state index contributed by atoms with van der Waals surface area (Å²) >= 11 is 0. The maximum atomic E-state index is 7.10. The minimum Gasteiger partial charge on any atom is -0.240 e. The Hall–Kier alpha value is 0.420. The lowest BCUT2D eigenvalue weighted by Crippen LogP contribution is -2.34. The fourth-order valence-electron chi connectivity index (χ4n) is 19.6. The van der Waals surface area contributed by atoms with E-state index in [2.05, 4.69) is 113 Å². The van der Waals surface area contributed by atoms with Gasteiger partial charge in [-0.1, -0.05) is 38.1 Å². The molecule has 1 aromatic carbocycles. The number of hydrogen-bond donors (Lipinski definition) is 0. The van der Waals surface area contributed by atoms with E-state index in [1.807, 2.05) is 0 Å². The molecule has 17 rings (SSSR count). The van der Waals surface area contributed by atoms with Gasteiger partial charge in [-0.15, -0.1) is 0 Å². The molecule has 0 aliphatic carbocycles. The fourth-order valence-corrected chi connectivity index (χ4v) is 63.7. The molecule has 0 radical (unpaired) electrons. The minimum atomic E-state index is -2.90. The fraction of sp³-hybridized carbons (Fsp3) is 0.906. The standard InChI is InChI=1S/C64H122N24P8/c1-3-73-56-58-87(89(73)65-91(75-32-5-6-33-75,76-34-7-8-35-76)69-95(83-48-21-22-49-83,84-50-23-24-51-84)70-92(66-89,77-36-9-10-37-77)78-38-11-12-39-78)61-63-30-29-31-64(60-63)62-88-59-57-74(4-2)90(88)67-93(79-40-13-14-41-79,80-42-15-16-43-80)71-96(85-52-25-26-53-85,86-54-27-28-55-86)72-94(68-90,81-44-17-18-45-81)82-46-19-20-47-82/h29-31,60H,3-28,32-59,61-62H2,1-2H3. The third-order valence-electron chi connectivity index (χ3n) is 24.7. The minimum absolute atomic E-state index is 0.827. The Morgan fingerprint density at radius 1 is 0.219 bits per heavy atom. The lowest BCUT2D eigenvalue weighted by atomic mass is 10.1. The van der Waals surface area contributed by atoms with Crippen molar-refractivity contribution in [3.63, 3.8) is 0 Å². The van der Waals surface area contributed by atoms with Crippen molar-refractivity contribution >= 4 is 60.1 Å². The van der Waals surface area contributed by atoms with Crippen molar-refractivity contribution in [1.82, 2.24) is 74.7 Å². The van der Waals surface area contributed by atoms with Gasteiger partial charge in [0.15, 0.2) is 0 Å². The van der Waals surface area contributed by atoms with Crippen LogP contribution >= 0.6 is 60.1 Å². The molecule has 14 saturated heterocycles. The van der Waals surface area contributed by atoms with Gasteiger partial charge in [0.25, 0.3) is 0 Å². The van der Waals surface area contributed by atoms with Crippen molar-refractivity contribution in [1.29, 1.82) is 0 Å². The second kappa shape index (κ2) is 29.3. The molecule has 2 spiro atoms. The van der Waals surface area contributed by atoms with E-state index >= 15 is 0 Å². The van der Waals surface area contributed by atoms with Crippen LogP contribution in [0.4, 0.5) is 0 Å². The largest absolute Gasteiger partial charge is 0.240 e. The molecule has 14 fully saturated rings. The van der Waals surface area contributed by atoms with Crippen molar-refractivity contribution in [2.24, 2.45) is 36.1 Å². The molecule has 32 heteroatoms. The summed E-state index contributed by atoms with van der Waals surface area (Å²) in [6.45, 7) is 38.4. The molecule has 96 heavy (non-hydrogen) atoms. The molecule has 2 atom stereocenters. The number of hydrogen-bond acceptors (Lipinski definition) is 24. The second-order valence-electron chi connectivity index (χ2n) is 30.6. The van der Waals surface area contributed by atoms with Gasteiger partial charge in [-0.05, 0) is 165 Å². The first kappa shape index (κ1) is 69.5. The Morgan fingerprint density at radius 2 is 0.375 bits per heavy atom. The van der Waals surface area contributed by atoms with Gasteiger partial charge in [0.1, 0.15) is 0 Å². The number of benzene rings is 1. The third kappa shape index (κ3) is 12.2. The Balaban J connectivity index is 0.851. The van der Waals surface area contributed by atoms with Crippen molar-refractivity contribution < 1.29 is 0 Å². The maximum absolute atomic E-state index is 7.10. The molecule has 16 heterocycles. The van der Waals surface area contributed by atoms with Crippen LogP contribution in [0.1, 0.15) is 179 Å². The van der Waals surface area contributed by atoms with Crippen molar-refractivity contribution in [3.8, 4) is 0 Å². The Bertz CT molecular complexity index is 3020. The predicted octanol–water partition coefficient (Wildman–Crippen LogP) is 16.7. The summed E-state index contributed by atoms with van der Waals surface area (Å²) in [6, 6.07) is 10.1. The Kier molecular flexibility index (Phi) is 21.2. The van der Waals surface area contributed by atoms with E-state index in [0.717, 1.165) is 209 Å². The summed E-state index contributed by atoms with van der Waals surface area (Å²) in [5.74, 6) is 0. The number of rotatable bonds is 18. The van der Waals surface area contributed by atoms with E-state index in [1.165, 1.54) is 165 Å². The molecule has 538 valence electrons. The molecular formula is C64H122N24P8. The van der Waals surface area contributed by atoms with Crippen LogP contribution in [0.25, 0.3) is 0 Å². The van der Waals surface area contributed by atoms with E-state index in [0.29, 0.717) is 0 Å². The molecule has 0 bridgehead atoms. The zero-order valence-electron chi connectivity index (χ0n) is 59.2. The maximum Gasteiger partial charge on any atom is 0.221 e. The predicted molar refractivity (Wildman–Crippen MR) is 406 cm³/mol. The average molecular weight is 1480 g/mol. The van der Waals surface area contributed by atoms with Gasteiger partial charge in [0.05, 0.1) is 0 Å². The third-order valence-corrected chi connectivity index (χ3v) is 58.6. The van der Waals surface area contributed by atoms with Gasteiger partial charge >= 0.3 is 0 Å². The molecule has 0 aromatic heterocycles. The highest BCUT2D eigenvalue weighted by atomic mass is 31.3. The topological polar surface area (TPSA) is 151 Å². The van der Waals surface area contributed by atoms with Gasteiger partial charge in [-0.3, -0.25) is 0 Å². The molecule has 16 aliphatic rings. The lowest BCUT2D eigenvalue weighted by Gasteiger charge is -2.49. The normalized spacial score (nSPS) is 34.6. The summed E-state index contributed by atoms with van der Waals surface area (Å²) in [5.41, 5.74) is 2.79. The SMILES string of the molecule is CCN1CCN(Cc2cccc(CN3CCN(CC)P34=NP(N3CCCC3)(N3CCCC3)=NP(N3CCCC3)(N3CCCC3)=NP(N3CCCC3)(N3CCCC3)=N4)c2)P12=NP(N1CCCC1)(N1CCCC1)=NP(N1CCCC1)(N1CCCC1)=NP(N1CCCC1)(N1CCCC1)=N2. The highest BCUT2D eigenvalue weighted by Crippen LogP contribution is 2.88. The highest BCUT2D eigenvalue weighted by Gasteiger charge is 2.58. The number of likely N-dealkylation sites (N-methyl/N-ethyl adjacent to an activating group) is 2. The summed E-state index contributed by atoms with van der Waals surface area (Å²) in [5, 5.41) is 0. The van der Waals surface area contributed by atoms with Crippen molar-refractivity contribution in [3.05, 3.63) is 35.4 Å². The summed E-state index contributed by atoms with van der Waals surface area (Å²) in [6.07, 6.45) is 29.6. The molecule has 24 nitrogen and oxygen atoms in total. The van der Waals surface area contributed by atoms with Gasteiger partial charge in [0, 0.05) is 209 Å². The highest BCUT2D eigenvalue weighted by molar-refractivity contribution is 7.84. The summed E-state index contributed by atoms with van der Waals surface area (Å²) in [7, 11) is -22.2. The number of nitrogens with zero attached hydrogens (tertiary/aromatic N) is 24. The van der Waals surface area contributed by atoms with E-state index < -0.39 is 60.1 Å². The van der Waals surface area contributed by atoms with Gasteiger partial charge < -0.3 is 0 Å². The van der Waals surface area contributed by atoms with Crippen LogP contribution in [-0.2, 0) is 13.1 Å². The van der Waals surface area contributed by atoms with Crippen LogP contribution in [0, 0.1) is 0 Å². The smallest absolute Gasteiger partial charge is 0.221 e. The van der Waals surface area contributed by atoms with Crippen molar-refractivity contribution in [2.45, 2.75) is 181 Å². The molecule has 1 aromatic rings. The van der Waals surface area contributed by atoms with Gasteiger partial charge in [-0.25, -0.2) is 74.7 Å². The van der Waals surface area contributed by atoms with Gasteiger partial charge in [-0.2, -0.15) is 36.1 Å². The molecule has 0 amide bonds. The van der Waals surface area contributed by atoms with E-state index in [4.69, 9.17) is 36.1 Å². The molecule has 0 N–H and O–H groups in total. The van der Waals surface area contributed by atoms with E-state index in [1.54, 1.807) is 0 Å². The first-order valence-corrected chi connectivity index (χ1v) is 52.3. The zero-order valence-corrected chi connectivity index (χ0v) is 66.4. The summed E-state index contributed by atoms with van der Waals surface area (Å²) < 4.78 is 103. The summed E-state index contributed by atoms with van der Waals surface area (Å²) in [4.78, 5) is 0. The van der Waals surface area contributed by atoms with Crippen molar-refractivity contribution in [2.75, 3.05) is 196 Å². The van der Waals surface area contributed by atoms with E-state index in [-0.39, 0.29) is 0 Å². The molecule has 0 saturated carbocycles. The van der Waals surface area contributed by atoms with E-state index in [9.17, 15) is 0 Å².